The largest absolute Gasteiger partial charge is 0.315 e. The number of hydrogen-bond acceptors (Lipinski definition) is 1. The molecule has 1 nitrogen and oxygen atoms in total. The fourth-order valence-electron chi connectivity index (χ4n) is 1.06. The average Bonchev–Trinajstić information content (AvgIpc) is 2.18. The van der Waals surface area contributed by atoms with Crippen molar-refractivity contribution in [1.29, 1.82) is 0 Å². The predicted octanol–water partition coefficient (Wildman–Crippen LogP) is 3.50. The quantitative estimate of drug-likeness (QED) is 0.564. The van der Waals surface area contributed by atoms with Crippen LogP contribution in [0.3, 0.4) is 0 Å². The van der Waals surface area contributed by atoms with Gasteiger partial charge in [-0.3, -0.25) is 0 Å². The molecule has 1 aromatic carbocycles. The first-order valence-electron chi connectivity index (χ1n) is 5.08. The van der Waals surface area contributed by atoms with Crippen molar-refractivity contribution in [2.24, 2.45) is 5.92 Å². The van der Waals surface area contributed by atoms with Gasteiger partial charge >= 0.3 is 0 Å². The lowest BCUT2D eigenvalue weighted by Crippen LogP contribution is -1.88. The average molecular weight is 187 g/mol. The minimum atomic E-state index is 0.737. The number of benzene rings is 1. The molecule has 0 unspecified atom stereocenters. The van der Waals surface area contributed by atoms with Crippen LogP contribution in [-0.2, 0) is 0 Å². The number of anilines is 1. The van der Waals surface area contributed by atoms with E-state index >= 15 is 0 Å². The van der Waals surface area contributed by atoms with Crippen LogP contribution in [0.1, 0.15) is 26.7 Å². The van der Waals surface area contributed by atoms with Gasteiger partial charge in [0.2, 0.25) is 0 Å². The summed E-state index contributed by atoms with van der Waals surface area (Å²) < 4.78 is 0. The van der Waals surface area contributed by atoms with Crippen molar-refractivity contribution < 1.29 is 0 Å². The molecule has 0 bridgehead atoms. The summed E-state index contributed by atoms with van der Waals surface area (Å²) in [7, 11) is 0. The van der Waals surface area contributed by atoms with Gasteiger partial charge in [-0.15, -0.1) is 0 Å². The molecule has 14 heavy (non-hydrogen) atoms. The molecule has 0 atom stereocenters. The van der Waals surface area contributed by atoms with Gasteiger partial charge in [-0.2, -0.15) is 0 Å². The molecule has 0 spiro atoms. The Hall–Kier alpha value is -1.42. The summed E-state index contributed by atoms with van der Waals surface area (Å²) in [6.45, 7) is 4.43. The van der Waals surface area contributed by atoms with Crippen LogP contribution in [0.2, 0.25) is 0 Å². The molecule has 0 aliphatic rings. The normalized spacial score (nSPS) is 9.36. The monoisotopic (exact) mass is 187 g/mol. The second kappa shape index (κ2) is 6.10. The van der Waals surface area contributed by atoms with Crippen LogP contribution >= 0.6 is 0 Å². The van der Waals surface area contributed by atoms with Gasteiger partial charge in [-0.1, -0.05) is 38.0 Å². The van der Waals surface area contributed by atoms with Crippen molar-refractivity contribution in [2.45, 2.75) is 26.7 Å². The molecule has 0 radical (unpaired) electrons. The van der Waals surface area contributed by atoms with E-state index in [2.05, 4.69) is 31.1 Å². The number of para-hydroxylation sites is 1. The van der Waals surface area contributed by atoms with Gasteiger partial charge in [-0.25, -0.2) is 0 Å². The minimum absolute atomic E-state index is 0.737. The lowest BCUT2D eigenvalue weighted by Gasteiger charge is -1.98. The zero-order chi connectivity index (χ0) is 10.2. The summed E-state index contributed by atoms with van der Waals surface area (Å²) in [5, 5.41) is 3.06. The molecule has 0 amide bonds. The lowest BCUT2D eigenvalue weighted by molar-refractivity contribution is 0.600. The van der Waals surface area contributed by atoms with Gasteiger partial charge in [0.25, 0.3) is 0 Å². The maximum atomic E-state index is 3.10. The highest BCUT2D eigenvalue weighted by Gasteiger charge is 1.89. The Morgan fingerprint density at radius 3 is 2.57 bits per heavy atom. The highest BCUT2D eigenvalue weighted by molar-refractivity contribution is 5.47. The summed E-state index contributed by atoms with van der Waals surface area (Å²) >= 11 is 0. The summed E-state index contributed by atoms with van der Waals surface area (Å²) in [6, 6.07) is 13.0. The molecular formula is C13H17N. The van der Waals surface area contributed by atoms with Crippen LogP contribution in [0.15, 0.2) is 30.3 Å². The molecule has 0 saturated heterocycles. The molecule has 0 aromatic heterocycles. The Bertz CT molecular complexity index is 303. The zero-order valence-corrected chi connectivity index (χ0v) is 8.88. The molecule has 1 heteroatoms. The van der Waals surface area contributed by atoms with Crippen LogP contribution < -0.4 is 5.32 Å². The van der Waals surface area contributed by atoms with Gasteiger partial charge in [0.1, 0.15) is 0 Å². The molecule has 1 aromatic rings. The smallest absolute Gasteiger partial charge is 0.0459 e. The number of nitrogens with one attached hydrogen (secondary N) is 1. The number of rotatable bonds is 3. The molecular weight excluding hydrogens is 170 g/mol. The molecule has 1 rings (SSSR count). The Labute approximate surface area is 86.5 Å². The summed E-state index contributed by atoms with van der Waals surface area (Å²) in [4.78, 5) is 0. The first-order valence-corrected chi connectivity index (χ1v) is 5.08. The van der Waals surface area contributed by atoms with E-state index in [1.165, 1.54) is 6.42 Å². The molecule has 0 aliphatic carbocycles. The van der Waals surface area contributed by atoms with Crippen LogP contribution in [0, 0.1) is 17.9 Å². The van der Waals surface area contributed by atoms with E-state index in [1.54, 1.807) is 0 Å². The third-order valence-electron chi connectivity index (χ3n) is 1.92. The van der Waals surface area contributed by atoms with Crippen LogP contribution in [0.5, 0.6) is 0 Å². The summed E-state index contributed by atoms with van der Waals surface area (Å²) in [6.07, 6.45) is 2.14. The lowest BCUT2D eigenvalue weighted by atomic mass is 10.1. The highest BCUT2D eigenvalue weighted by Crippen LogP contribution is 2.04. The maximum Gasteiger partial charge on any atom is 0.0459 e. The second-order valence-corrected chi connectivity index (χ2v) is 3.73. The fourth-order valence-corrected chi connectivity index (χ4v) is 1.06. The molecule has 0 heterocycles. The minimum Gasteiger partial charge on any atom is -0.315 e. The van der Waals surface area contributed by atoms with Crippen LogP contribution in [0.25, 0.3) is 0 Å². The molecule has 1 N–H and O–H groups in total. The van der Waals surface area contributed by atoms with Crippen molar-refractivity contribution in [3.8, 4) is 12.0 Å². The third kappa shape index (κ3) is 4.57. The van der Waals surface area contributed by atoms with Crippen molar-refractivity contribution in [1.82, 2.24) is 0 Å². The Morgan fingerprint density at radius 1 is 1.21 bits per heavy atom. The van der Waals surface area contributed by atoms with E-state index in [4.69, 9.17) is 0 Å². The van der Waals surface area contributed by atoms with Gasteiger partial charge in [0.15, 0.2) is 0 Å². The van der Waals surface area contributed by atoms with E-state index in [1.807, 2.05) is 30.3 Å². The van der Waals surface area contributed by atoms with Gasteiger partial charge in [0.05, 0.1) is 0 Å². The number of hydrogen-bond donors (Lipinski definition) is 1. The molecule has 0 aliphatic heterocycles. The second-order valence-electron chi connectivity index (χ2n) is 3.73. The SMILES string of the molecule is CC(C)CCC#CNc1ccccc1. The predicted molar refractivity (Wildman–Crippen MR) is 61.9 cm³/mol. The molecule has 0 saturated carbocycles. The van der Waals surface area contributed by atoms with Crippen molar-refractivity contribution in [2.75, 3.05) is 5.32 Å². The van der Waals surface area contributed by atoms with Crippen LogP contribution in [0.4, 0.5) is 5.69 Å². The Morgan fingerprint density at radius 2 is 1.93 bits per heavy atom. The summed E-state index contributed by atoms with van der Waals surface area (Å²) in [5.41, 5.74) is 1.06. The van der Waals surface area contributed by atoms with E-state index < -0.39 is 0 Å². The first-order chi connectivity index (χ1) is 6.79. The van der Waals surface area contributed by atoms with Gasteiger partial charge < -0.3 is 5.32 Å². The van der Waals surface area contributed by atoms with Crippen molar-refractivity contribution in [3.63, 3.8) is 0 Å². The van der Waals surface area contributed by atoms with Crippen LogP contribution in [-0.4, -0.2) is 0 Å². The Balaban J connectivity index is 2.26. The Kier molecular flexibility index (Phi) is 4.64. The van der Waals surface area contributed by atoms with E-state index in [9.17, 15) is 0 Å². The van der Waals surface area contributed by atoms with Gasteiger partial charge in [-0.05, 0) is 24.5 Å². The van der Waals surface area contributed by atoms with Gasteiger partial charge in [0, 0.05) is 18.2 Å². The third-order valence-corrected chi connectivity index (χ3v) is 1.92. The first kappa shape index (κ1) is 10.7. The summed E-state index contributed by atoms with van der Waals surface area (Å²) in [5.74, 6) is 3.84. The van der Waals surface area contributed by atoms with E-state index in [0.717, 1.165) is 18.0 Å². The van der Waals surface area contributed by atoms with Crippen molar-refractivity contribution in [3.05, 3.63) is 30.3 Å². The maximum absolute atomic E-state index is 3.10. The standard InChI is InChI=1S/C13H17N/c1-12(2)8-6-7-11-14-13-9-4-3-5-10-13/h3-5,9-10,12,14H,6,8H2,1-2H3. The van der Waals surface area contributed by atoms with E-state index in [-0.39, 0.29) is 0 Å². The highest BCUT2D eigenvalue weighted by atomic mass is 14.8. The zero-order valence-electron chi connectivity index (χ0n) is 8.88. The fraction of sp³-hybridized carbons (Fsp3) is 0.385. The molecule has 74 valence electrons. The topological polar surface area (TPSA) is 12.0 Å². The molecule has 0 fully saturated rings. The van der Waals surface area contributed by atoms with E-state index in [0.29, 0.717) is 0 Å². The van der Waals surface area contributed by atoms with Crippen molar-refractivity contribution >= 4 is 5.69 Å².